The van der Waals surface area contributed by atoms with Crippen molar-refractivity contribution < 1.29 is 14.1 Å². The third-order valence-corrected chi connectivity index (χ3v) is 7.06. The Kier molecular flexibility index (Phi) is 7.55. The van der Waals surface area contributed by atoms with E-state index in [1.54, 1.807) is 7.11 Å². The summed E-state index contributed by atoms with van der Waals surface area (Å²) < 4.78 is 10.6. The zero-order valence-corrected chi connectivity index (χ0v) is 19.5. The van der Waals surface area contributed by atoms with Gasteiger partial charge in [0.2, 0.25) is 5.82 Å². The molecule has 1 aliphatic rings. The topological polar surface area (TPSA) is 80.5 Å². The summed E-state index contributed by atoms with van der Waals surface area (Å²) in [6, 6.07) is 11.8. The van der Waals surface area contributed by atoms with Gasteiger partial charge in [0.15, 0.2) is 0 Å². The maximum Gasteiger partial charge on any atom is 0.261 e. The van der Waals surface area contributed by atoms with Crippen molar-refractivity contribution in [1.29, 1.82) is 0 Å². The molecule has 0 aliphatic heterocycles. The molecule has 1 amide bonds. The maximum absolute atomic E-state index is 12.5. The summed E-state index contributed by atoms with van der Waals surface area (Å²) in [6.07, 6.45) is 7.61. The SMILES string of the molecule is COc1ccc(-c2nc(-c3ccc(C(=O)NCCCN(C)C4CCCCC4)s3)no2)cc1. The van der Waals surface area contributed by atoms with Crippen LogP contribution in [0.2, 0.25) is 0 Å². The molecule has 1 aromatic carbocycles. The molecule has 2 heterocycles. The molecule has 4 rings (SSSR count). The number of aromatic nitrogens is 2. The number of hydrogen-bond acceptors (Lipinski definition) is 7. The number of carbonyl (C=O) groups excluding carboxylic acids is 1. The summed E-state index contributed by atoms with van der Waals surface area (Å²) in [5.41, 5.74) is 0.817. The first kappa shape index (κ1) is 22.5. The zero-order chi connectivity index (χ0) is 22.3. The number of benzene rings is 1. The quantitative estimate of drug-likeness (QED) is 0.465. The lowest BCUT2D eigenvalue weighted by atomic mass is 9.94. The molecular formula is C24H30N4O3S. The van der Waals surface area contributed by atoms with Crippen molar-refractivity contribution in [3.8, 4) is 27.9 Å². The molecule has 0 radical (unpaired) electrons. The fraction of sp³-hybridized carbons (Fsp3) is 0.458. The van der Waals surface area contributed by atoms with Crippen molar-refractivity contribution >= 4 is 17.2 Å². The van der Waals surface area contributed by atoms with Crippen molar-refractivity contribution in [2.75, 3.05) is 27.2 Å². The molecule has 1 aliphatic carbocycles. The number of rotatable bonds is 9. The molecule has 7 nitrogen and oxygen atoms in total. The van der Waals surface area contributed by atoms with Gasteiger partial charge in [-0.2, -0.15) is 4.98 Å². The Bertz CT molecular complexity index is 1010. The van der Waals surface area contributed by atoms with Gasteiger partial charge in [-0.05, 0) is 69.3 Å². The van der Waals surface area contributed by atoms with E-state index in [9.17, 15) is 4.79 Å². The van der Waals surface area contributed by atoms with E-state index in [2.05, 4.69) is 27.4 Å². The van der Waals surface area contributed by atoms with Gasteiger partial charge in [0.25, 0.3) is 11.8 Å². The minimum Gasteiger partial charge on any atom is -0.497 e. The number of hydrogen-bond donors (Lipinski definition) is 1. The van der Waals surface area contributed by atoms with Gasteiger partial charge in [-0.1, -0.05) is 24.4 Å². The van der Waals surface area contributed by atoms with E-state index in [1.165, 1.54) is 43.4 Å². The van der Waals surface area contributed by atoms with Crippen molar-refractivity contribution in [2.45, 2.75) is 44.6 Å². The van der Waals surface area contributed by atoms with Crippen LogP contribution in [0.15, 0.2) is 40.9 Å². The fourth-order valence-corrected chi connectivity index (χ4v) is 4.92. The Morgan fingerprint density at radius 1 is 1.19 bits per heavy atom. The number of thiophene rings is 1. The van der Waals surface area contributed by atoms with Gasteiger partial charge >= 0.3 is 0 Å². The van der Waals surface area contributed by atoms with E-state index in [-0.39, 0.29) is 5.91 Å². The zero-order valence-electron chi connectivity index (χ0n) is 18.7. The predicted molar refractivity (Wildman–Crippen MR) is 126 cm³/mol. The second-order valence-electron chi connectivity index (χ2n) is 8.20. The van der Waals surface area contributed by atoms with Crippen molar-refractivity contribution in [3.05, 3.63) is 41.3 Å². The Hall–Kier alpha value is -2.71. The second-order valence-corrected chi connectivity index (χ2v) is 9.28. The van der Waals surface area contributed by atoms with E-state index < -0.39 is 0 Å². The fourth-order valence-electron chi connectivity index (χ4n) is 4.08. The first-order valence-electron chi connectivity index (χ1n) is 11.2. The number of nitrogens with one attached hydrogen (secondary N) is 1. The Balaban J connectivity index is 1.27. The lowest BCUT2D eigenvalue weighted by Gasteiger charge is -2.31. The second kappa shape index (κ2) is 10.7. The van der Waals surface area contributed by atoms with Crippen molar-refractivity contribution in [1.82, 2.24) is 20.4 Å². The van der Waals surface area contributed by atoms with Gasteiger partial charge in [0, 0.05) is 18.2 Å². The summed E-state index contributed by atoms with van der Waals surface area (Å²) in [6.45, 7) is 1.69. The number of methoxy groups -OCH3 is 1. The van der Waals surface area contributed by atoms with Gasteiger partial charge < -0.3 is 19.5 Å². The molecule has 8 heteroatoms. The molecule has 0 saturated heterocycles. The lowest BCUT2D eigenvalue weighted by molar-refractivity contribution is 0.0954. The van der Waals surface area contributed by atoms with E-state index >= 15 is 0 Å². The third-order valence-electron chi connectivity index (χ3n) is 5.98. The summed E-state index contributed by atoms with van der Waals surface area (Å²) in [7, 11) is 3.83. The molecule has 2 aromatic heterocycles. The van der Waals surface area contributed by atoms with Gasteiger partial charge in [-0.3, -0.25) is 4.79 Å². The van der Waals surface area contributed by atoms with Crippen LogP contribution in [0, 0.1) is 0 Å². The maximum atomic E-state index is 12.5. The molecule has 3 aromatic rings. The van der Waals surface area contributed by atoms with Crippen molar-refractivity contribution in [2.24, 2.45) is 0 Å². The van der Waals surface area contributed by atoms with Gasteiger partial charge in [0.1, 0.15) is 5.75 Å². The number of carbonyl (C=O) groups is 1. The van der Waals surface area contributed by atoms with Crippen LogP contribution in [-0.2, 0) is 0 Å². The van der Waals surface area contributed by atoms with E-state index in [0.717, 1.165) is 29.2 Å². The largest absolute Gasteiger partial charge is 0.497 e. The highest BCUT2D eigenvalue weighted by molar-refractivity contribution is 7.17. The molecular weight excluding hydrogens is 424 g/mol. The van der Waals surface area contributed by atoms with E-state index in [4.69, 9.17) is 9.26 Å². The summed E-state index contributed by atoms with van der Waals surface area (Å²) in [4.78, 5) is 20.9. The summed E-state index contributed by atoms with van der Waals surface area (Å²) in [5, 5.41) is 7.11. The Morgan fingerprint density at radius 3 is 2.72 bits per heavy atom. The minimum atomic E-state index is -0.0551. The predicted octanol–water partition coefficient (Wildman–Crippen LogP) is 4.86. The highest BCUT2D eigenvalue weighted by atomic mass is 32.1. The average molecular weight is 455 g/mol. The van der Waals surface area contributed by atoms with Gasteiger partial charge in [-0.15, -0.1) is 11.3 Å². The number of nitrogens with zero attached hydrogens (tertiary/aromatic N) is 3. The molecule has 1 N–H and O–H groups in total. The third kappa shape index (κ3) is 5.55. The summed E-state index contributed by atoms with van der Waals surface area (Å²) in [5.74, 6) is 1.63. The normalized spacial score (nSPS) is 14.6. The number of amides is 1. The van der Waals surface area contributed by atoms with Crippen LogP contribution in [0.25, 0.3) is 22.2 Å². The molecule has 32 heavy (non-hydrogen) atoms. The monoisotopic (exact) mass is 454 g/mol. The van der Waals surface area contributed by atoms with Crippen LogP contribution < -0.4 is 10.1 Å². The molecule has 0 unspecified atom stereocenters. The van der Waals surface area contributed by atoms with Gasteiger partial charge in [-0.25, -0.2) is 0 Å². The first-order chi connectivity index (χ1) is 15.6. The van der Waals surface area contributed by atoms with Crippen LogP contribution in [0.4, 0.5) is 0 Å². The van der Waals surface area contributed by atoms with Crippen LogP contribution in [-0.4, -0.2) is 54.2 Å². The Labute approximate surface area is 192 Å². The molecule has 1 fully saturated rings. The van der Waals surface area contributed by atoms with Gasteiger partial charge in [0.05, 0.1) is 16.9 Å². The van der Waals surface area contributed by atoms with Crippen molar-refractivity contribution in [3.63, 3.8) is 0 Å². The molecule has 0 bridgehead atoms. The van der Waals surface area contributed by atoms with E-state index in [0.29, 0.717) is 29.2 Å². The van der Waals surface area contributed by atoms with Crippen LogP contribution >= 0.6 is 11.3 Å². The first-order valence-corrected chi connectivity index (χ1v) is 12.0. The molecule has 0 spiro atoms. The Morgan fingerprint density at radius 2 is 1.97 bits per heavy atom. The standard InChI is InChI=1S/C24H30N4O3S/c1-28(18-7-4-3-5-8-18)16-6-15-25-23(29)21-14-13-20(32-21)22-26-24(31-27-22)17-9-11-19(30-2)12-10-17/h9-14,18H,3-8,15-16H2,1-2H3,(H,25,29). The highest BCUT2D eigenvalue weighted by Gasteiger charge is 2.18. The molecule has 170 valence electrons. The summed E-state index contributed by atoms with van der Waals surface area (Å²) >= 11 is 1.37. The average Bonchev–Trinajstić information content (AvgIpc) is 3.52. The van der Waals surface area contributed by atoms with Crippen LogP contribution in [0.5, 0.6) is 5.75 Å². The van der Waals surface area contributed by atoms with E-state index in [1.807, 2.05) is 36.4 Å². The minimum absolute atomic E-state index is 0.0551. The smallest absolute Gasteiger partial charge is 0.261 e. The molecule has 0 atom stereocenters. The lowest BCUT2D eigenvalue weighted by Crippen LogP contribution is -2.35. The van der Waals surface area contributed by atoms with Crippen LogP contribution in [0.1, 0.15) is 48.2 Å². The highest BCUT2D eigenvalue weighted by Crippen LogP contribution is 2.29. The molecule has 1 saturated carbocycles. The number of ether oxygens (including phenoxy) is 1. The van der Waals surface area contributed by atoms with Crippen LogP contribution in [0.3, 0.4) is 0 Å².